The smallest absolute Gasteiger partial charge is 0.223 e. The van der Waals surface area contributed by atoms with E-state index in [9.17, 15) is 5.11 Å². The van der Waals surface area contributed by atoms with E-state index in [4.69, 9.17) is 0 Å². The van der Waals surface area contributed by atoms with E-state index in [1.54, 1.807) is 0 Å². The average molecular weight is 342 g/mol. The predicted molar refractivity (Wildman–Crippen MR) is 75.4 cm³/mol. The van der Waals surface area contributed by atoms with Gasteiger partial charge in [-0.15, -0.1) is 0 Å². The van der Waals surface area contributed by atoms with Crippen LogP contribution in [0, 0.1) is 5.92 Å². The number of hydrogen-bond donors (Lipinski definition) is 1. The summed E-state index contributed by atoms with van der Waals surface area (Å²) in [5, 5.41) is 10.7. The Labute approximate surface area is 116 Å². The lowest BCUT2D eigenvalue weighted by Crippen LogP contribution is -2.38. The van der Waals surface area contributed by atoms with Crippen molar-refractivity contribution in [1.29, 1.82) is 0 Å². The summed E-state index contributed by atoms with van der Waals surface area (Å²) < 4.78 is 3.31. The van der Waals surface area contributed by atoms with E-state index in [2.05, 4.69) is 33.4 Å². The molecular weight excluding hydrogens is 325 g/mol. The fraction of sp³-hybridized carbons (Fsp3) is 0.500. The van der Waals surface area contributed by atoms with Crippen molar-refractivity contribution in [3.8, 4) is 0 Å². The van der Waals surface area contributed by atoms with Crippen LogP contribution in [0.4, 0.5) is 0 Å². The van der Waals surface area contributed by atoms with E-state index in [1.165, 1.54) is 31.4 Å². The van der Waals surface area contributed by atoms with Crippen LogP contribution in [-0.4, -0.2) is 5.11 Å². The summed E-state index contributed by atoms with van der Waals surface area (Å²) in [7, 11) is 0. The third-order valence-corrected chi connectivity index (χ3v) is 5.62. The Kier molecular flexibility index (Phi) is 2.78. The third kappa shape index (κ3) is 1.66. The third-order valence-electron chi connectivity index (χ3n) is 4.01. The maximum absolute atomic E-state index is 10.7. The van der Waals surface area contributed by atoms with E-state index in [0.717, 1.165) is 9.27 Å². The zero-order valence-corrected chi connectivity index (χ0v) is 12.1. The molecule has 2 heterocycles. The topological polar surface area (TPSA) is 24.1 Å². The number of aromatic nitrogens is 1. The van der Waals surface area contributed by atoms with E-state index < -0.39 is 5.60 Å². The Bertz CT molecular complexity index is 487. The molecule has 0 bridgehead atoms. The second-order valence-electron chi connectivity index (χ2n) is 5.21. The predicted octanol–water partition coefficient (Wildman–Crippen LogP) is 2.99. The first-order valence-corrected chi connectivity index (χ1v) is 7.34. The summed E-state index contributed by atoms with van der Waals surface area (Å²) in [6.07, 6.45) is 7.26. The van der Waals surface area contributed by atoms with Crippen LogP contribution in [0.3, 0.4) is 0 Å². The van der Waals surface area contributed by atoms with E-state index in [0.29, 0.717) is 5.92 Å². The van der Waals surface area contributed by atoms with Crippen LogP contribution in [0.15, 0.2) is 28.0 Å². The average Bonchev–Trinajstić information content (AvgIpc) is 2.88. The van der Waals surface area contributed by atoms with Gasteiger partial charge in [0, 0.05) is 18.1 Å². The molecule has 0 radical (unpaired) electrons. The van der Waals surface area contributed by atoms with Gasteiger partial charge in [-0.3, -0.25) is 0 Å². The van der Waals surface area contributed by atoms with Crippen LogP contribution in [0.5, 0.6) is 0 Å². The van der Waals surface area contributed by atoms with Crippen LogP contribution >= 0.6 is 22.6 Å². The zero-order valence-electron chi connectivity index (χ0n) is 9.99. The van der Waals surface area contributed by atoms with Gasteiger partial charge in [0.15, 0.2) is 11.8 Å². The quantitative estimate of drug-likeness (QED) is 0.616. The van der Waals surface area contributed by atoms with Crippen molar-refractivity contribution in [2.75, 3.05) is 0 Å². The zero-order chi connectivity index (χ0) is 12.0. The Morgan fingerprint density at radius 1 is 1.35 bits per heavy atom. The van der Waals surface area contributed by atoms with Crippen LogP contribution in [0.2, 0.25) is 0 Å². The van der Waals surface area contributed by atoms with Gasteiger partial charge in [0.1, 0.15) is 3.58 Å². The van der Waals surface area contributed by atoms with Crippen LogP contribution < -0.4 is 4.57 Å². The normalized spacial score (nSPS) is 28.9. The highest BCUT2D eigenvalue weighted by atomic mass is 127. The van der Waals surface area contributed by atoms with Gasteiger partial charge in [0.2, 0.25) is 11.4 Å². The van der Waals surface area contributed by atoms with Crippen molar-refractivity contribution in [1.82, 2.24) is 0 Å². The molecule has 0 aromatic carbocycles. The molecule has 3 rings (SSSR count). The highest BCUT2D eigenvalue weighted by Gasteiger charge is 2.49. The molecule has 1 aromatic rings. The molecule has 0 saturated heterocycles. The lowest BCUT2D eigenvalue weighted by Gasteiger charge is -2.12. The highest BCUT2D eigenvalue weighted by Crippen LogP contribution is 2.45. The lowest BCUT2D eigenvalue weighted by molar-refractivity contribution is -0.594. The van der Waals surface area contributed by atoms with Crippen molar-refractivity contribution in [2.45, 2.75) is 38.2 Å². The number of pyridine rings is 1. The molecule has 1 unspecified atom stereocenters. The largest absolute Gasteiger partial charge is 0.374 e. The van der Waals surface area contributed by atoms with Gasteiger partial charge in [-0.1, -0.05) is 12.8 Å². The second-order valence-corrected chi connectivity index (χ2v) is 6.29. The van der Waals surface area contributed by atoms with Gasteiger partial charge in [-0.05, 0) is 48.4 Å². The number of fused-ring (bicyclic) bond motifs is 1. The summed E-state index contributed by atoms with van der Waals surface area (Å²) in [5.74, 6) is 0.627. The van der Waals surface area contributed by atoms with Crippen LogP contribution in [0.1, 0.15) is 38.3 Å². The molecule has 1 N–H and O–H groups in total. The number of nitrogens with zero attached hydrogens (tertiary/aromatic N) is 1. The summed E-state index contributed by atoms with van der Waals surface area (Å²) in [6, 6.07) is 6.08. The minimum Gasteiger partial charge on any atom is -0.374 e. The molecule has 2 aliphatic rings. The van der Waals surface area contributed by atoms with Gasteiger partial charge in [-0.2, -0.15) is 4.57 Å². The van der Waals surface area contributed by atoms with E-state index >= 15 is 0 Å². The van der Waals surface area contributed by atoms with Crippen molar-refractivity contribution in [3.63, 3.8) is 0 Å². The maximum Gasteiger partial charge on any atom is 0.223 e. The monoisotopic (exact) mass is 342 g/mol. The number of allylic oxidation sites excluding steroid dienone is 1. The highest BCUT2D eigenvalue weighted by molar-refractivity contribution is 14.1. The van der Waals surface area contributed by atoms with Crippen LogP contribution in [-0.2, 0) is 5.60 Å². The van der Waals surface area contributed by atoms with Crippen molar-refractivity contribution in [2.24, 2.45) is 5.92 Å². The number of hydrogen-bond acceptors (Lipinski definition) is 1. The number of halogens is 1. The molecule has 1 aliphatic carbocycles. The standard InChI is InChI=1S/C14H17INO/c1-14(17)11-8-4-5-9-16(11)12(13(14)15)10-6-2-3-7-10/h4-5,8-10,17H,2-3,6-7H2,1H3/q+1. The van der Waals surface area contributed by atoms with Crippen LogP contribution in [0.25, 0.3) is 5.70 Å². The Balaban J connectivity index is 2.16. The minimum absolute atomic E-state index is 0.627. The SMILES string of the molecule is CC1(O)C(I)=C(C2CCCC2)[n+]2ccccc21. The minimum atomic E-state index is -0.806. The fourth-order valence-electron chi connectivity index (χ4n) is 3.09. The first kappa shape index (κ1) is 11.7. The number of rotatable bonds is 1. The van der Waals surface area contributed by atoms with Crippen molar-refractivity contribution in [3.05, 3.63) is 33.7 Å². The van der Waals surface area contributed by atoms with Crippen molar-refractivity contribution >= 4 is 28.3 Å². The molecule has 2 nitrogen and oxygen atoms in total. The van der Waals surface area contributed by atoms with Crippen molar-refractivity contribution < 1.29 is 9.67 Å². The molecule has 3 heteroatoms. The van der Waals surface area contributed by atoms with Gasteiger partial charge in [0.25, 0.3) is 0 Å². The molecule has 0 amide bonds. The molecule has 1 aliphatic heterocycles. The van der Waals surface area contributed by atoms with E-state index in [-0.39, 0.29) is 0 Å². The molecular formula is C14H17INO+. The Morgan fingerprint density at radius 3 is 2.76 bits per heavy atom. The molecule has 1 saturated carbocycles. The molecule has 1 atom stereocenters. The summed E-state index contributed by atoms with van der Waals surface area (Å²) >= 11 is 2.33. The summed E-state index contributed by atoms with van der Waals surface area (Å²) in [6.45, 7) is 1.91. The molecule has 0 spiro atoms. The number of aliphatic hydroxyl groups is 1. The molecule has 1 aromatic heterocycles. The summed E-state index contributed by atoms with van der Waals surface area (Å²) in [4.78, 5) is 0. The van der Waals surface area contributed by atoms with Gasteiger partial charge in [-0.25, -0.2) is 0 Å². The maximum atomic E-state index is 10.7. The van der Waals surface area contributed by atoms with E-state index in [1.807, 2.05) is 25.1 Å². The lowest BCUT2D eigenvalue weighted by atomic mass is 10.00. The summed E-state index contributed by atoms with van der Waals surface area (Å²) in [5.41, 5.74) is 1.54. The first-order valence-electron chi connectivity index (χ1n) is 6.26. The molecule has 1 fully saturated rings. The molecule has 17 heavy (non-hydrogen) atoms. The van der Waals surface area contributed by atoms with Gasteiger partial charge in [0.05, 0.1) is 0 Å². The van der Waals surface area contributed by atoms with Gasteiger partial charge < -0.3 is 5.11 Å². The molecule has 90 valence electrons. The fourth-order valence-corrected chi connectivity index (χ4v) is 4.07. The van der Waals surface area contributed by atoms with Gasteiger partial charge >= 0.3 is 0 Å². The Morgan fingerprint density at radius 2 is 2.06 bits per heavy atom. The Hall–Kier alpha value is -0.420. The second kappa shape index (κ2) is 4.05. The first-order chi connectivity index (χ1) is 8.12.